The van der Waals surface area contributed by atoms with Crippen LogP contribution >= 0.6 is 11.3 Å². The zero-order valence-electron chi connectivity index (χ0n) is 22.9. The van der Waals surface area contributed by atoms with E-state index in [1.807, 2.05) is 38.1 Å². The zero-order valence-corrected chi connectivity index (χ0v) is 23.7. The van der Waals surface area contributed by atoms with E-state index in [0.717, 1.165) is 21.3 Å². The Balaban J connectivity index is 1.76. The van der Waals surface area contributed by atoms with Crippen molar-refractivity contribution < 1.29 is 33.6 Å². The lowest BCUT2D eigenvalue weighted by molar-refractivity contribution is -0.132. The molecule has 1 fully saturated rings. The van der Waals surface area contributed by atoms with Crippen molar-refractivity contribution in [2.75, 3.05) is 33.3 Å². The molecular weight excluding hydrogens is 532 g/mol. The number of methoxy groups -OCH3 is 4. The number of benzene rings is 3. The highest BCUT2D eigenvalue weighted by molar-refractivity contribution is 7.16. The standard InChI is InChI=1S/C30H28N2O7S/c1-15-16(2)40-30(31-15)32-25(20-13-22(37-4)28(39-6)23(14-20)38-5)24(27(34)29(32)35)26(33)19-8-7-18-12-21(36-3)10-9-17(18)11-19/h7-14,25,33H,1-6H3/b26-24+. The molecule has 0 saturated carbocycles. The number of rotatable bonds is 7. The van der Waals surface area contributed by atoms with Gasteiger partial charge in [-0.3, -0.25) is 14.5 Å². The number of thiazole rings is 1. The van der Waals surface area contributed by atoms with Crippen LogP contribution in [-0.4, -0.2) is 50.2 Å². The van der Waals surface area contributed by atoms with Crippen LogP contribution in [0.15, 0.2) is 54.1 Å². The molecule has 1 unspecified atom stereocenters. The van der Waals surface area contributed by atoms with Gasteiger partial charge in [0.2, 0.25) is 5.75 Å². The highest BCUT2D eigenvalue weighted by Gasteiger charge is 2.48. The number of ether oxygens (including phenoxy) is 4. The van der Waals surface area contributed by atoms with E-state index < -0.39 is 17.7 Å². The van der Waals surface area contributed by atoms with Crippen molar-refractivity contribution in [3.05, 3.63) is 75.8 Å². The summed E-state index contributed by atoms with van der Waals surface area (Å²) in [5, 5.41) is 13.7. The van der Waals surface area contributed by atoms with Crippen LogP contribution in [0.3, 0.4) is 0 Å². The molecule has 206 valence electrons. The van der Waals surface area contributed by atoms with Crippen LogP contribution in [-0.2, 0) is 9.59 Å². The number of ketones is 1. The second-order valence-corrected chi connectivity index (χ2v) is 10.4. The van der Waals surface area contributed by atoms with E-state index in [1.165, 1.54) is 37.6 Å². The zero-order chi connectivity index (χ0) is 28.7. The lowest BCUT2D eigenvalue weighted by Crippen LogP contribution is -2.29. The van der Waals surface area contributed by atoms with E-state index in [4.69, 9.17) is 18.9 Å². The topological polar surface area (TPSA) is 107 Å². The van der Waals surface area contributed by atoms with Crippen LogP contribution in [0.1, 0.15) is 27.7 Å². The number of fused-ring (bicyclic) bond motifs is 1. The number of anilines is 1. The Kier molecular flexibility index (Phi) is 7.12. The minimum Gasteiger partial charge on any atom is -0.507 e. The number of aryl methyl sites for hydroxylation is 2. The van der Waals surface area contributed by atoms with Gasteiger partial charge in [-0.05, 0) is 60.5 Å². The highest BCUT2D eigenvalue weighted by atomic mass is 32.1. The molecule has 3 aromatic carbocycles. The van der Waals surface area contributed by atoms with Crippen LogP contribution in [0.4, 0.5) is 5.13 Å². The molecule has 1 aliphatic heterocycles. The lowest BCUT2D eigenvalue weighted by atomic mass is 9.94. The molecule has 1 N–H and O–H groups in total. The van der Waals surface area contributed by atoms with Gasteiger partial charge in [0.05, 0.1) is 45.7 Å². The third-order valence-electron chi connectivity index (χ3n) is 6.99. The van der Waals surface area contributed by atoms with Gasteiger partial charge in [0, 0.05) is 10.4 Å². The molecule has 4 aromatic rings. The molecule has 0 spiro atoms. The molecule has 2 heterocycles. The second-order valence-electron chi connectivity index (χ2n) is 9.19. The Labute approximate surface area is 235 Å². The van der Waals surface area contributed by atoms with Crippen LogP contribution in [0.2, 0.25) is 0 Å². The summed E-state index contributed by atoms with van der Waals surface area (Å²) < 4.78 is 21.9. The van der Waals surface area contributed by atoms with Gasteiger partial charge in [-0.1, -0.05) is 18.2 Å². The second kappa shape index (κ2) is 10.5. The number of aromatic nitrogens is 1. The number of carbonyl (C=O) groups excluding carboxylic acids is 2. The van der Waals surface area contributed by atoms with E-state index in [1.54, 1.807) is 31.4 Å². The van der Waals surface area contributed by atoms with E-state index >= 15 is 0 Å². The fourth-order valence-corrected chi connectivity index (χ4v) is 5.75. The van der Waals surface area contributed by atoms with Crippen molar-refractivity contribution in [1.82, 2.24) is 4.98 Å². The van der Waals surface area contributed by atoms with Gasteiger partial charge < -0.3 is 24.1 Å². The molecule has 0 radical (unpaired) electrons. The molecule has 1 amide bonds. The summed E-state index contributed by atoms with van der Waals surface area (Å²) in [7, 11) is 6.04. The van der Waals surface area contributed by atoms with Crippen molar-refractivity contribution >= 4 is 44.7 Å². The first-order valence-corrected chi connectivity index (χ1v) is 13.2. The molecular formula is C30H28N2O7S. The van der Waals surface area contributed by atoms with Gasteiger partial charge >= 0.3 is 5.91 Å². The van der Waals surface area contributed by atoms with Gasteiger partial charge in [0.1, 0.15) is 11.5 Å². The van der Waals surface area contributed by atoms with Gasteiger partial charge in [0.15, 0.2) is 16.6 Å². The third-order valence-corrected chi connectivity index (χ3v) is 8.06. The van der Waals surface area contributed by atoms with Crippen LogP contribution in [0.5, 0.6) is 23.0 Å². The van der Waals surface area contributed by atoms with Crippen molar-refractivity contribution in [1.29, 1.82) is 0 Å². The number of carbonyl (C=O) groups is 2. The number of hydrogen-bond acceptors (Lipinski definition) is 9. The summed E-state index contributed by atoms with van der Waals surface area (Å²) in [6, 6.07) is 13.2. The Hall–Kier alpha value is -4.57. The number of Topliss-reactive ketones (excluding diaryl/α,β-unsaturated/α-hetero) is 1. The molecule has 9 nitrogen and oxygen atoms in total. The summed E-state index contributed by atoms with van der Waals surface area (Å²) >= 11 is 1.30. The van der Waals surface area contributed by atoms with Gasteiger partial charge in [-0.2, -0.15) is 0 Å². The molecule has 1 saturated heterocycles. The maximum absolute atomic E-state index is 13.6. The predicted molar refractivity (Wildman–Crippen MR) is 153 cm³/mol. The van der Waals surface area contributed by atoms with Gasteiger partial charge in [-0.15, -0.1) is 11.3 Å². The van der Waals surface area contributed by atoms with E-state index in [2.05, 4.69) is 4.98 Å². The molecule has 10 heteroatoms. The van der Waals surface area contributed by atoms with Gasteiger partial charge in [-0.25, -0.2) is 4.98 Å². The fourth-order valence-electron chi connectivity index (χ4n) is 4.82. The molecule has 1 atom stereocenters. The van der Waals surface area contributed by atoms with Crippen molar-refractivity contribution in [3.8, 4) is 23.0 Å². The fraction of sp³-hybridized carbons (Fsp3) is 0.233. The smallest absolute Gasteiger partial charge is 0.301 e. The normalized spacial score (nSPS) is 16.4. The van der Waals surface area contributed by atoms with E-state index in [-0.39, 0.29) is 11.3 Å². The van der Waals surface area contributed by atoms with Crippen molar-refractivity contribution in [2.45, 2.75) is 19.9 Å². The number of aliphatic hydroxyl groups excluding tert-OH is 1. The quantitative estimate of drug-likeness (QED) is 0.178. The average molecular weight is 561 g/mol. The predicted octanol–water partition coefficient (Wildman–Crippen LogP) is 5.57. The van der Waals surface area contributed by atoms with Crippen LogP contribution in [0.25, 0.3) is 16.5 Å². The summed E-state index contributed by atoms with van der Waals surface area (Å²) in [5.41, 5.74) is 1.54. The first-order chi connectivity index (χ1) is 19.2. The molecule has 5 rings (SSSR count). The van der Waals surface area contributed by atoms with Gasteiger partial charge in [0.25, 0.3) is 5.78 Å². The van der Waals surface area contributed by atoms with Crippen LogP contribution in [0, 0.1) is 13.8 Å². The lowest BCUT2D eigenvalue weighted by Gasteiger charge is -2.24. The van der Waals surface area contributed by atoms with E-state index in [0.29, 0.717) is 39.3 Å². The summed E-state index contributed by atoms with van der Waals surface area (Å²) in [4.78, 5) is 34.0. The summed E-state index contributed by atoms with van der Waals surface area (Å²) in [6.45, 7) is 3.73. The largest absolute Gasteiger partial charge is 0.507 e. The first kappa shape index (κ1) is 27.0. The molecule has 1 aliphatic rings. The van der Waals surface area contributed by atoms with Crippen molar-refractivity contribution in [3.63, 3.8) is 0 Å². The SMILES string of the molecule is COc1ccc2cc(/C(O)=C3\C(=O)C(=O)N(c4nc(C)c(C)s4)C3c3cc(OC)c(OC)c(OC)c3)ccc2c1. The Morgan fingerprint density at radius 3 is 2.10 bits per heavy atom. The Bertz CT molecular complexity index is 1650. The summed E-state index contributed by atoms with van der Waals surface area (Å²) in [5.74, 6) is -0.177. The maximum atomic E-state index is 13.6. The number of nitrogens with zero attached hydrogens (tertiary/aromatic N) is 2. The monoisotopic (exact) mass is 560 g/mol. The maximum Gasteiger partial charge on any atom is 0.301 e. The van der Waals surface area contributed by atoms with E-state index in [9.17, 15) is 14.7 Å². The number of hydrogen-bond donors (Lipinski definition) is 1. The van der Waals surface area contributed by atoms with Crippen LogP contribution < -0.4 is 23.8 Å². The molecule has 0 aliphatic carbocycles. The third kappa shape index (κ3) is 4.40. The highest BCUT2D eigenvalue weighted by Crippen LogP contribution is 2.48. The summed E-state index contributed by atoms with van der Waals surface area (Å²) in [6.07, 6.45) is 0. The Morgan fingerprint density at radius 1 is 0.875 bits per heavy atom. The Morgan fingerprint density at radius 2 is 1.52 bits per heavy atom. The molecule has 0 bridgehead atoms. The number of amides is 1. The first-order valence-electron chi connectivity index (χ1n) is 12.4. The molecule has 1 aromatic heterocycles. The van der Waals surface area contributed by atoms with Crippen molar-refractivity contribution in [2.24, 2.45) is 0 Å². The number of aliphatic hydroxyl groups is 1. The molecule has 40 heavy (non-hydrogen) atoms. The average Bonchev–Trinajstić information content (AvgIpc) is 3.44. The minimum absolute atomic E-state index is 0.0716. The minimum atomic E-state index is -1.01.